The summed E-state index contributed by atoms with van der Waals surface area (Å²) < 4.78 is 0. The molecule has 1 aliphatic rings. The lowest BCUT2D eigenvalue weighted by atomic mass is 10.0. The van der Waals surface area contributed by atoms with Gasteiger partial charge in [-0.05, 0) is 46.2 Å². The van der Waals surface area contributed by atoms with Crippen molar-refractivity contribution in [3.05, 3.63) is 82.9 Å². The Bertz CT molecular complexity index is 1060. The van der Waals surface area contributed by atoms with Gasteiger partial charge < -0.3 is 5.32 Å². The maximum Gasteiger partial charge on any atom is 0.270 e. The molecular formula is C21H16N2O3. The van der Waals surface area contributed by atoms with E-state index in [0.717, 1.165) is 21.9 Å². The Labute approximate surface area is 149 Å². The van der Waals surface area contributed by atoms with E-state index in [-0.39, 0.29) is 5.91 Å². The molecule has 0 spiro atoms. The first-order valence-corrected chi connectivity index (χ1v) is 8.23. The van der Waals surface area contributed by atoms with Gasteiger partial charge in [-0.15, -0.1) is 0 Å². The average molecular weight is 344 g/mol. The molecule has 5 nitrogen and oxygen atoms in total. The highest BCUT2D eigenvalue weighted by atomic mass is 16.5. The topological polar surface area (TPSA) is 78.4 Å². The van der Waals surface area contributed by atoms with E-state index in [1.54, 1.807) is 23.7 Å². The van der Waals surface area contributed by atoms with Gasteiger partial charge in [0.1, 0.15) is 0 Å². The second-order valence-electron chi connectivity index (χ2n) is 6.18. The molecule has 0 saturated heterocycles. The number of amides is 2. The van der Waals surface area contributed by atoms with Crippen molar-refractivity contribution in [1.29, 1.82) is 0 Å². The SMILES string of the molecule is O=C(NO)C1=Cc2ccc(NC(=O)c3cccc4ccccc34)cc2C1. The summed E-state index contributed by atoms with van der Waals surface area (Å²) in [6.45, 7) is 0. The van der Waals surface area contributed by atoms with Crippen LogP contribution in [0.15, 0.2) is 66.2 Å². The zero-order valence-corrected chi connectivity index (χ0v) is 13.8. The van der Waals surface area contributed by atoms with E-state index in [9.17, 15) is 9.59 Å². The van der Waals surface area contributed by atoms with Gasteiger partial charge in [0.05, 0.1) is 0 Å². The summed E-state index contributed by atoms with van der Waals surface area (Å²) in [5.41, 5.74) is 5.26. The van der Waals surface area contributed by atoms with Gasteiger partial charge in [0.2, 0.25) is 0 Å². The summed E-state index contributed by atoms with van der Waals surface area (Å²) in [6.07, 6.45) is 2.15. The van der Waals surface area contributed by atoms with Crippen LogP contribution in [0, 0.1) is 0 Å². The van der Waals surface area contributed by atoms with Crippen LogP contribution in [0.1, 0.15) is 21.5 Å². The minimum atomic E-state index is -0.512. The number of hydrogen-bond acceptors (Lipinski definition) is 3. The molecule has 5 heteroatoms. The summed E-state index contributed by atoms with van der Waals surface area (Å²) in [5.74, 6) is -0.691. The lowest BCUT2D eigenvalue weighted by Crippen LogP contribution is -2.20. The van der Waals surface area contributed by atoms with Crippen molar-refractivity contribution in [3.8, 4) is 0 Å². The van der Waals surface area contributed by atoms with Crippen molar-refractivity contribution >= 4 is 34.4 Å². The molecule has 0 aromatic heterocycles. The highest BCUT2D eigenvalue weighted by Gasteiger charge is 2.19. The molecule has 3 aromatic rings. The van der Waals surface area contributed by atoms with Crippen molar-refractivity contribution in [2.75, 3.05) is 5.32 Å². The van der Waals surface area contributed by atoms with Crippen LogP contribution < -0.4 is 10.8 Å². The van der Waals surface area contributed by atoms with E-state index < -0.39 is 5.91 Å². The van der Waals surface area contributed by atoms with Crippen LogP contribution in [0.3, 0.4) is 0 Å². The van der Waals surface area contributed by atoms with E-state index in [4.69, 9.17) is 5.21 Å². The highest BCUT2D eigenvalue weighted by molar-refractivity contribution is 6.13. The highest BCUT2D eigenvalue weighted by Crippen LogP contribution is 2.28. The van der Waals surface area contributed by atoms with Crippen LogP contribution in [-0.4, -0.2) is 17.0 Å². The molecule has 0 unspecified atom stereocenters. The summed E-state index contributed by atoms with van der Waals surface area (Å²) in [6, 6.07) is 18.9. The molecule has 3 N–H and O–H groups in total. The van der Waals surface area contributed by atoms with Gasteiger partial charge in [-0.25, -0.2) is 5.48 Å². The minimum absolute atomic E-state index is 0.180. The zero-order chi connectivity index (χ0) is 18.1. The number of benzene rings is 3. The number of fused-ring (bicyclic) bond motifs is 2. The zero-order valence-electron chi connectivity index (χ0n) is 13.8. The van der Waals surface area contributed by atoms with Crippen molar-refractivity contribution in [3.63, 3.8) is 0 Å². The fourth-order valence-electron chi connectivity index (χ4n) is 3.26. The lowest BCUT2D eigenvalue weighted by molar-refractivity contribution is -0.125. The third-order valence-electron chi connectivity index (χ3n) is 4.54. The van der Waals surface area contributed by atoms with Gasteiger partial charge in [0, 0.05) is 23.2 Å². The number of hydrogen-bond donors (Lipinski definition) is 3. The quantitative estimate of drug-likeness (QED) is 0.502. The van der Waals surface area contributed by atoms with Gasteiger partial charge in [-0.3, -0.25) is 14.8 Å². The number of carbonyl (C=O) groups is 2. The molecule has 2 amide bonds. The number of hydroxylamine groups is 1. The summed E-state index contributed by atoms with van der Waals surface area (Å²) in [4.78, 5) is 24.3. The lowest BCUT2D eigenvalue weighted by Gasteiger charge is -2.09. The Morgan fingerprint density at radius 2 is 1.73 bits per heavy atom. The van der Waals surface area contributed by atoms with Crippen LogP contribution in [0.25, 0.3) is 16.8 Å². The number of anilines is 1. The van der Waals surface area contributed by atoms with Crippen molar-refractivity contribution in [2.24, 2.45) is 0 Å². The molecule has 3 aromatic carbocycles. The average Bonchev–Trinajstić information content (AvgIpc) is 3.10. The Morgan fingerprint density at radius 1 is 0.923 bits per heavy atom. The molecule has 0 saturated carbocycles. The van der Waals surface area contributed by atoms with Gasteiger partial charge in [-0.1, -0.05) is 42.5 Å². The Morgan fingerprint density at radius 3 is 2.58 bits per heavy atom. The van der Waals surface area contributed by atoms with E-state index in [1.807, 2.05) is 48.5 Å². The van der Waals surface area contributed by atoms with Gasteiger partial charge in [0.25, 0.3) is 11.8 Å². The largest absolute Gasteiger partial charge is 0.322 e. The third-order valence-corrected chi connectivity index (χ3v) is 4.54. The predicted octanol–water partition coefficient (Wildman–Crippen LogP) is 3.54. The molecule has 0 radical (unpaired) electrons. The van der Waals surface area contributed by atoms with Crippen LogP contribution in [0.5, 0.6) is 0 Å². The van der Waals surface area contributed by atoms with E-state index in [2.05, 4.69) is 5.32 Å². The molecule has 0 heterocycles. The number of carbonyl (C=O) groups excluding carboxylic acids is 2. The molecule has 0 atom stereocenters. The van der Waals surface area contributed by atoms with Gasteiger partial charge >= 0.3 is 0 Å². The molecule has 4 rings (SSSR count). The van der Waals surface area contributed by atoms with E-state index in [1.165, 1.54) is 0 Å². The van der Waals surface area contributed by atoms with E-state index in [0.29, 0.717) is 23.2 Å². The molecule has 1 aliphatic carbocycles. The van der Waals surface area contributed by atoms with Gasteiger partial charge in [0.15, 0.2) is 0 Å². The minimum Gasteiger partial charge on any atom is -0.322 e. The molecule has 0 fully saturated rings. The van der Waals surface area contributed by atoms with Crippen LogP contribution in [0.2, 0.25) is 0 Å². The van der Waals surface area contributed by atoms with Crippen molar-refractivity contribution in [2.45, 2.75) is 6.42 Å². The van der Waals surface area contributed by atoms with Crippen molar-refractivity contribution < 1.29 is 14.8 Å². The second-order valence-corrected chi connectivity index (χ2v) is 6.18. The first-order valence-electron chi connectivity index (χ1n) is 8.23. The Kier molecular flexibility index (Phi) is 3.99. The third kappa shape index (κ3) is 2.85. The van der Waals surface area contributed by atoms with Crippen LogP contribution in [-0.2, 0) is 11.2 Å². The predicted molar refractivity (Wildman–Crippen MR) is 100.0 cm³/mol. The normalized spacial score (nSPS) is 12.4. The monoisotopic (exact) mass is 344 g/mol. The van der Waals surface area contributed by atoms with Gasteiger partial charge in [-0.2, -0.15) is 0 Å². The first-order chi connectivity index (χ1) is 12.7. The first kappa shape index (κ1) is 16.1. The standard InChI is InChI=1S/C21H16N2O3/c24-20(23-26)16-10-14-8-9-17(12-15(14)11-16)22-21(25)19-7-3-5-13-4-1-2-6-18(13)19/h1-10,12,26H,11H2,(H,22,25)(H,23,24). The van der Waals surface area contributed by atoms with Crippen molar-refractivity contribution in [1.82, 2.24) is 5.48 Å². The fourth-order valence-corrected chi connectivity index (χ4v) is 3.26. The van der Waals surface area contributed by atoms with E-state index >= 15 is 0 Å². The Hall–Kier alpha value is -3.44. The molecule has 0 bridgehead atoms. The van der Waals surface area contributed by atoms with Crippen LogP contribution >= 0.6 is 0 Å². The fraction of sp³-hybridized carbons (Fsp3) is 0.0476. The summed E-state index contributed by atoms with van der Waals surface area (Å²) in [7, 11) is 0. The number of rotatable bonds is 3. The smallest absolute Gasteiger partial charge is 0.270 e. The maximum absolute atomic E-state index is 12.7. The maximum atomic E-state index is 12.7. The molecule has 0 aliphatic heterocycles. The number of nitrogens with one attached hydrogen (secondary N) is 2. The molecular weight excluding hydrogens is 328 g/mol. The summed E-state index contributed by atoms with van der Waals surface area (Å²) >= 11 is 0. The molecule has 128 valence electrons. The van der Waals surface area contributed by atoms with Crippen LogP contribution in [0.4, 0.5) is 5.69 Å². The summed E-state index contributed by atoms with van der Waals surface area (Å²) in [5, 5.41) is 13.6. The second kappa shape index (κ2) is 6.46. The Balaban J connectivity index is 1.58. The molecule has 26 heavy (non-hydrogen) atoms.